The minimum absolute atomic E-state index is 0.139. The third kappa shape index (κ3) is 7.23. The van der Waals surface area contributed by atoms with Gasteiger partial charge in [-0.1, -0.05) is 26.2 Å². The van der Waals surface area contributed by atoms with Gasteiger partial charge in [-0.2, -0.15) is 0 Å². The molecule has 0 bridgehead atoms. The average Bonchev–Trinajstić information content (AvgIpc) is 2.80. The molecule has 0 saturated heterocycles. The molecule has 0 radical (unpaired) electrons. The summed E-state index contributed by atoms with van der Waals surface area (Å²) in [6, 6.07) is 4.14. The fraction of sp³-hybridized carbons (Fsp3) is 0.667. The van der Waals surface area contributed by atoms with Crippen LogP contribution in [-0.4, -0.2) is 86.4 Å². The molecule has 1 aromatic rings. The summed E-state index contributed by atoms with van der Waals surface area (Å²) in [6.45, 7) is 4.10. The third-order valence-corrected chi connectivity index (χ3v) is 7.31. The summed E-state index contributed by atoms with van der Waals surface area (Å²) in [7, 11) is -1.81. The van der Waals surface area contributed by atoms with Gasteiger partial charge in [-0.25, -0.2) is 13.2 Å². The Balaban J connectivity index is 1.85. The summed E-state index contributed by atoms with van der Waals surface area (Å²) in [6.07, 6.45) is 6.04. The SMILES string of the molecule is C[C@@H]1CN([C@H](C)CO)C(=O)c2cc(NS(C)(=O)=O)ccc2O[C@H]1CN(C)C(=O)NC1CCCCC1. The van der Waals surface area contributed by atoms with E-state index in [-0.39, 0.29) is 41.8 Å². The molecule has 2 aliphatic rings. The maximum atomic E-state index is 13.4. The lowest BCUT2D eigenvalue weighted by atomic mass is 9.96. The Morgan fingerprint density at radius 3 is 2.60 bits per heavy atom. The quantitative estimate of drug-likeness (QED) is 0.516. The lowest BCUT2D eigenvalue weighted by Gasteiger charge is -2.38. The number of aliphatic hydroxyl groups excluding tert-OH is 1. The number of nitrogens with one attached hydrogen (secondary N) is 2. The molecule has 196 valence electrons. The van der Waals surface area contributed by atoms with Crippen LogP contribution in [0.2, 0.25) is 0 Å². The van der Waals surface area contributed by atoms with Gasteiger partial charge >= 0.3 is 6.03 Å². The highest BCUT2D eigenvalue weighted by atomic mass is 32.2. The standard InChI is InChI=1S/C24H38N4O6S/c1-16-13-28(17(2)15-29)23(30)20-12-19(26-35(4,32)33)10-11-21(20)34-22(16)14-27(3)24(31)25-18-8-6-5-7-9-18/h10-12,16-18,22,26,29H,5-9,13-15H2,1-4H3,(H,25,31)/t16-,17-,22+/m1/s1. The summed E-state index contributed by atoms with van der Waals surface area (Å²) in [5.74, 6) is -0.186. The van der Waals surface area contributed by atoms with Gasteiger partial charge in [0.15, 0.2) is 0 Å². The molecule has 3 N–H and O–H groups in total. The van der Waals surface area contributed by atoms with Crippen LogP contribution in [-0.2, 0) is 10.0 Å². The number of rotatable bonds is 7. The number of carbonyl (C=O) groups is 2. The molecule has 1 fully saturated rings. The number of ether oxygens (including phenoxy) is 1. The van der Waals surface area contributed by atoms with E-state index in [9.17, 15) is 23.1 Å². The first-order valence-corrected chi connectivity index (χ1v) is 14.1. The summed E-state index contributed by atoms with van der Waals surface area (Å²) < 4.78 is 32.1. The van der Waals surface area contributed by atoms with Crippen LogP contribution in [0.1, 0.15) is 56.3 Å². The van der Waals surface area contributed by atoms with E-state index in [1.54, 1.807) is 29.8 Å². The third-order valence-electron chi connectivity index (χ3n) is 6.70. The predicted molar refractivity (Wildman–Crippen MR) is 134 cm³/mol. The van der Waals surface area contributed by atoms with Crippen molar-refractivity contribution in [1.29, 1.82) is 0 Å². The number of amides is 3. The lowest BCUT2D eigenvalue weighted by Crippen LogP contribution is -2.52. The Hall–Kier alpha value is -2.53. The molecule has 11 heteroatoms. The van der Waals surface area contributed by atoms with Gasteiger partial charge in [0, 0.05) is 31.2 Å². The van der Waals surface area contributed by atoms with Crippen molar-refractivity contribution in [2.75, 3.05) is 37.7 Å². The van der Waals surface area contributed by atoms with E-state index in [1.165, 1.54) is 18.6 Å². The van der Waals surface area contributed by atoms with Crippen LogP contribution in [0.15, 0.2) is 18.2 Å². The smallest absolute Gasteiger partial charge is 0.317 e. The second-order valence-electron chi connectivity index (χ2n) is 9.87. The van der Waals surface area contributed by atoms with Crippen LogP contribution >= 0.6 is 0 Å². The number of anilines is 1. The van der Waals surface area contributed by atoms with E-state index in [1.807, 2.05) is 6.92 Å². The van der Waals surface area contributed by atoms with E-state index in [0.29, 0.717) is 18.8 Å². The molecule has 1 aromatic carbocycles. The number of hydrogen-bond acceptors (Lipinski definition) is 6. The van der Waals surface area contributed by atoms with Crippen LogP contribution in [0, 0.1) is 5.92 Å². The molecular formula is C24H38N4O6S. The van der Waals surface area contributed by atoms with Crippen molar-refractivity contribution < 1.29 is 27.9 Å². The molecule has 0 unspecified atom stereocenters. The fourth-order valence-electron chi connectivity index (χ4n) is 4.60. The fourth-order valence-corrected chi connectivity index (χ4v) is 5.16. The van der Waals surface area contributed by atoms with Crippen LogP contribution in [0.5, 0.6) is 5.75 Å². The average molecular weight is 511 g/mol. The summed E-state index contributed by atoms with van der Waals surface area (Å²) in [4.78, 5) is 29.4. The van der Waals surface area contributed by atoms with Gasteiger partial charge in [0.25, 0.3) is 5.91 Å². The van der Waals surface area contributed by atoms with E-state index in [2.05, 4.69) is 10.0 Å². The number of aliphatic hydroxyl groups is 1. The van der Waals surface area contributed by atoms with Crippen molar-refractivity contribution >= 4 is 27.6 Å². The highest BCUT2D eigenvalue weighted by Crippen LogP contribution is 2.31. The first-order valence-electron chi connectivity index (χ1n) is 12.2. The molecule has 1 saturated carbocycles. The minimum atomic E-state index is -3.54. The van der Waals surface area contributed by atoms with Crippen molar-refractivity contribution in [1.82, 2.24) is 15.1 Å². The van der Waals surface area contributed by atoms with Gasteiger partial charge < -0.3 is 25.0 Å². The van der Waals surface area contributed by atoms with Crippen molar-refractivity contribution in [3.05, 3.63) is 23.8 Å². The minimum Gasteiger partial charge on any atom is -0.487 e. The Morgan fingerprint density at radius 2 is 1.97 bits per heavy atom. The van der Waals surface area contributed by atoms with E-state index < -0.39 is 22.2 Å². The molecule has 3 rings (SSSR count). The first-order chi connectivity index (χ1) is 16.5. The zero-order valence-corrected chi connectivity index (χ0v) is 21.8. The molecule has 3 atom stereocenters. The Bertz CT molecular complexity index is 1010. The molecule has 1 aliphatic heterocycles. The topological polar surface area (TPSA) is 128 Å². The van der Waals surface area contributed by atoms with Gasteiger partial charge in [0.2, 0.25) is 10.0 Å². The number of benzene rings is 1. The Kier molecular flexibility index (Phi) is 8.87. The zero-order chi connectivity index (χ0) is 25.8. The molecule has 35 heavy (non-hydrogen) atoms. The van der Waals surface area contributed by atoms with Crippen molar-refractivity contribution in [3.8, 4) is 5.75 Å². The number of urea groups is 1. The van der Waals surface area contributed by atoms with Crippen molar-refractivity contribution in [2.24, 2.45) is 5.92 Å². The Labute approximate surface area is 208 Å². The largest absolute Gasteiger partial charge is 0.487 e. The molecule has 1 heterocycles. The number of sulfonamides is 1. The monoisotopic (exact) mass is 510 g/mol. The number of carbonyl (C=O) groups excluding carboxylic acids is 2. The first kappa shape index (κ1) is 27.1. The van der Waals surface area contributed by atoms with Crippen molar-refractivity contribution in [2.45, 2.75) is 64.1 Å². The van der Waals surface area contributed by atoms with Crippen LogP contribution in [0.4, 0.5) is 10.5 Å². The summed E-state index contributed by atoms with van der Waals surface area (Å²) in [5.41, 5.74) is 0.444. The molecule has 10 nitrogen and oxygen atoms in total. The number of fused-ring (bicyclic) bond motifs is 1. The second-order valence-corrected chi connectivity index (χ2v) is 11.6. The second kappa shape index (κ2) is 11.5. The molecule has 0 aromatic heterocycles. The normalized spacial score (nSPS) is 22.3. The van der Waals surface area contributed by atoms with E-state index in [0.717, 1.165) is 31.9 Å². The van der Waals surface area contributed by atoms with Crippen LogP contribution < -0.4 is 14.8 Å². The summed E-state index contributed by atoms with van der Waals surface area (Å²) >= 11 is 0. The van der Waals surface area contributed by atoms with Crippen LogP contribution in [0.3, 0.4) is 0 Å². The lowest BCUT2D eigenvalue weighted by molar-refractivity contribution is 0.0366. The molecule has 1 aliphatic carbocycles. The van der Waals surface area contributed by atoms with E-state index in [4.69, 9.17) is 4.74 Å². The molecular weight excluding hydrogens is 472 g/mol. The highest BCUT2D eigenvalue weighted by Gasteiger charge is 2.34. The number of likely N-dealkylation sites (N-methyl/N-ethyl adjacent to an activating group) is 1. The maximum Gasteiger partial charge on any atom is 0.317 e. The zero-order valence-electron chi connectivity index (χ0n) is 21.0. The van der Waals surface area contributed by atoms with Gasteiger partial charge in [0.1, 0.15) is 11.9 Å². The summed E-state index contributed by atoms with van der Waals surface area (Å²) in [5, 5.41) is 12.9. The predicted octanol–water partition coefficient (Wildman–Crippen LogP) is 2.25. The Morgan fingerprint density at radius 1 is 1.29 bits per heavy atom. The highest BCUT2D eigenvalue weighted by molar-refractivity contribution is 7.92. The van der Waals surface area contributed by atoms with Gasteiger partial charge in [-0.05, 0) is 38.0 Å². The number of hydrogen-bond donors (Lipinski definition) is 3. The molecule has 3 amide bonds. The van der Waals surface area contributed by atoms with Crippen molar-refractivity contribution in [3.63, 3.8) is 0 Å². The van der Waals surface area contributed by atoms with E-state index >= 15 is 0 Å². The molecule has 0 spiro atoms. The maximum absolute atomic E-state index is 13.4. The van der Waals surface area contributed by atoms with Gasteiger partial charge in [0.05, 0.1) is 31.0 Å². The van der Waals surface area contributed by atoms with Gasteiger partial charge in [-0.3, -0.25) is 9.52 Å². The van der Waals surface area contributed by atoms with Gasteiger partial charge in [-0.15, -0.1) is 0 Å². The number of nitrogens with zero attached hydrogens (tertiary/aromatic N) is 2. The van der Waals surface area contributed by atoms with Crippen LogP contribution in [0.25, 0.3) is 0 Å².